The maximum Gasteiger partial charge on any atom is 0.422 e. The zero-order valence-electron chi connectivity index (χ0n) is 9.94. The third kappa shape index (κ3) is 6.47. The quantitative estimate of drug-likeness (QED) is 0.869. The van der Waals surface area contributed by atoms with Gasteiger partial charge in [0.2, 0.25) is 0 Å². The van der Waals surface area contributed by atoms with Crippen LogP contribution in [0.1, 0.15) is 0 Å². The van der Waals surface area contributed by atoms with Gasteiger partial charge in [-0.2, -0.15) is 13.2 Å². The molecule has 0 saturated carbocycles. The molecule has 0 atom stereocenters. The predicted octanol–water partition coefficient (Wildman–Crippen LogP) is 2.26. The first-order valence-corrected chi connectivity index (χ1v) is 5.21. The fourth-order valence-corrected chi connectivity index (χ4v) is 1.11. The molecule has 0 spiro atoms. The van der Waals surface area contributed by atoms with E-state index in [2.05, 4.69) is 10.1 Å². The molecule has 9 heteroatoms. The minimum atomic E-state index is -4.61. The summed E-state index contributed by atoms with van der Waals surface area (Å²) in [6.45, 7) is -2.28. The van der Waals surface area contributed by atoms with Gasteiger partial charge in [0.25, 0.3) is 0 Å². The maximum absolute atomic E-state index is 11.8. The molecule has 1 amide bonds. The summed E-state index contributed by atoms with van der Waals surface area (Å²) >= 11 is 0. The van der Waals surface area contributed by atoms with E-state index in [9.17, 15) is 22.8 Å². The van der Waals surface area contributed by atoms with Crippen LogP contribution >= 0.6 is 0 Å². The molecule has 1 rings (SSSR count). The van der Waals surface area contributed by atoms with Gasteiger partial charge in [-0.3, -0.25) is 5.32 Å². The van der Waals surface area contributed by atoms with E-state index in [1.807, 2.05) is 0 Å². The Kier molecular flexibility index (Phi) is 5.18. The fourth-order valence-electron chi connectivity index (χ4n) is 1.11. The van der Waals surface area contributed by atoms with E-state index in [0.29, 0.717) is 0 Å². The Morgan fingerprint density at radius 2 is 2.00 bits per heavy atom. The second-order valence-corrected chi connectivity index (χ2v) is 3.53. The van der Waals surface area contributed by atoms with Crippen LogP contribution in [0.25, 0.3) is 0 Å². The van der Waals surface area contributed by atoms with Crippen LogP contribution in [0.3, 0.4) is 0 Å². The molecule has 0 unspecified atom stereocenters. The average molecular weight is 293 g/mol. The number of carbonyl (C=O) groups is 2. The molecule has 0 bridgehead atoms. The highest BCUT2D eigenvalue weighted by Gasteiger charge is 2.29. The molecule has 0 fully saturated rings. The van der Waals surface area contributed by atoms with Crippen molar-refractivity contribution in [2.75, 3.05) is 18.5 Å². The van der Waals surface area contributed by atoms with Crippen LogP contribution in [0, 0.1) is 0 Å². The van der Waals surface area contributed by atoms with Crippen molar-refractivity contribution in [2.24, 2.45) is 0 Å². The molecule has 0 radical (unpaired) electrons. The van der Waals surface area contributed by atoms with Crippen molar-refractivity contribution in [3.63, 3.8) is 0 Å². The van der Waals surface area contributed by atoms with Crippen LogP contribution < -0.4 is 10.1 Å². The van der Waals surface area contributed by atoms with Gasteiger partial charge in [-0.25, -0.2) is 9.59 Å². The molecule has 1 aromatic rings. The lowest BCUT2D eigenvalue weighted by Crippen LogP contribution is -2.23. The molecule has 6 nitrogen and oxygen atoms in total. The number of amides is 1. The number of hydrogen-bond donors (Lipinski definition) is 2. The highest BCUT2D eigenvalue weighted by molar-refractivity contribution is 5.84. The summed E-state index contributed by atoms with van der Waals surface area (Å²) in [5.74, 6) is -1.05. The number of anilines is 1. The third-order valence-corrected chi connectivity index (χ3v) is 1.81. The number of nitrogens with one attached hydrogen (secondary N) is 1. The van der Waals surface area contributed by atoms with E-state index < -0.39 is 31.5 Å². The topological polar surface area (TPSA) is 84.9 Å². The molecule has 0 saturated heterocycles. The molecule has 1 aromatic carbocycles. The Bertz CT molecular complexity index is 489. The SMILES string of the molecule is O=C(O)COc1cccc(NC(=O)OCC(F)(F)F)c1. The normalized spacial score (nSPS) is 10.8. The summed E-state index contributed by atoms with van der Waals surface area (Å²) in [4.78, 5) is 21.4. The largest absolute Gasteiger partial charge is 0.482 e. The average Bonchev–Trinajstić information content (AvgIpc) is 2.34. The molecular formula is C11H10F3NO5. The number of ether oxygens (including phenoxy) is 2. The summed E-state index contributed by atoms with van der Waals surface area (Å²) < 4.78 is 44.2. The summed E-state index contributed by atoms with van der Waals surface area (Å²) in [5.41, 5.74) is 0.111. The van der Waals surface area contributed by atoms with Gasteiger partial charge in [0.05, 0.1) is 0 Å². The first-order chi connectivity index (χ1) is 9.26. The van der Waals surface area contributed by atoms with E-state index in [1.54, 1.807) is 0 Å². The lowest BCUT2D eigenvalue weighted by molar-refractivity contribution is -0.159. The number of carboxylic acids is 1. The Morgan fingerprint density at radius 1 is 1.30 bits per heavy atom. The van der Waals surface area contributed by atoms with E-state index in [0.717, 1.165) is 0 Å². The van der Waals surface area contributed by atoms with Crippen molar-refractivity contribution in [2.45, 2.75) is 6.18 Å². The van der Waals surface area contributed by atoms with E-state index in [1.165, 1.54) is 24.3 Å². The lowest BCUT2D eigenvalue weighted by Gasteiger charge is -2.10. The number of aliphatic carboxylic acids is 1. The smallest absolute Gasteiger partial charge is 0.422 e. The van der Waals surface area contributed by atoms with Gasteiger partial charge >= 0.3 is 18.2 Å². The molecule has 0 heterocycles. The van der Waals surface area contributed by atoms with Gasteiger partial charge < -0.3 is 14.6 Å². The van der Waals surface area contributed by atoms with Gasteiger partial charge in [0, 0.05) is 11.8 Å². The van der Waals surface area contributed by atoms with Gasteiger partial charge in [0.1, 0.15) is 5.75 Å². The fraction of sp³-hybridized carbons (Fsp3) is 0.273. The highest BCUT2D eigenvalue weighted by Crippen LogP contribution is 2.18. The van der Waals surface area contributed by atoms with Crippen LogP contribution in [0.2, 0.25) is 0 Å². The number of rotatable bonds is 5. The number of hydrogen-bond acceptors (Lipinski definition) is 4. The summed E-state index contributed by atoms with van der Waals surface area (Å²) in [6.07, 6.45) is -5.89. The minimum absolute atomic E-state index is 0.111. The second kappa shape index (κ2) is 6.64. The van der Waals surface area contributed by atoms with Crippen LogP contribution in [0.15, 0.2) is 24.3 Å². The van der Waals surface area contributed by atoms with Crippen LogP contribution in [-0.2, 0) is 9.53 Å². The van der Waals surface area contributed by atoms with Crippen molar-refractivity contribution in [1.82, 2.24) is 0 Å². The van der Waals surface area contributed by atoms with Crippen molar-refractivity contribution in [3.8, 4) is 5.75 Å². The molecule has 0 aliphatic heterocycles. The molecule has 2 N–H and O–H groups in total. The zero-order valence-corrected chi connectivity index (χ0v) is 9.94. The van der Waals surface area contributed by atoms with E-state index in [4.69, 9.17) is 9.84 Å². The molecule has 0 aromatic heterocycles. The van der Waals surface area contributed by atoms with Crippen LogP contribution in [-0.4, -0.2) is 36.6 Å². The van der Waals surface area contributed by atoms with Gasteiger partial charge in [-0.15, -0.1) is 0 Å². The van der Waals surface area contributed by atoms with Gasteiger partial charge in [0.15, 0.2) is 13.2 Å². The minimum Gasteiger partial charge on any atom is -0.482 e. The molecular weight excluding hydrogens is 283 g/mol. The Labute approximate surface area is 111 Å². The Hall–Kier alpha value is -2.45. The van der Waals surface area contributed by atoms with Crippen molar-refractivity contribution < 1.29 is 37.3 Å². The van der Waals surface area contributed by atoms with E-state index >= 15 is 0 Å². The van der Waals surface area contributed by atoms with Crippen LogP contribution in [0.5, 0.6) is 5.75 Å². The Morgan fingerprint density at radius 3 is 2.60 bits per heavy atom. The first kappa shape index (κ1) is 15.6. The molecule has 0 aliphatic rings. The summed E-state index contributed by atoms with van der Waals surface area (Å²) in [7, 11) is 0. The van der Waals surface area contributed by atoms with Gasteiger partial charge in [-0.05, 0) is 12.1 Å². The highest BCUT2D eigenvalue weighted by atomic mass is 19.4. The first-order valence-electron chi connectivity index (χ1n) is 5.21. The standard InChI is InChI=1S/C11H10F3NO5/c12-11(13,14)6-20-10(18)15-7-2-1-3-8(4-7)19-5-9(16)17/h1-4H,5-6H2,(H,15,18)(H,16,17). The summed E-state index contributed by atoms with van der Waals surface area (Å²) in [6, 6.07) is 5.48. The van der Waals surface area contributed by atoms with Crippen molar-refractivity contribution >= 4 is 17.7 Å². The van der Waals surface area contributed by atoms with Crippen molar-refractivity contribution in [3.05, 3.63) is 24.3 Å². The monoisotopic (exact) mass is 293 g/mol. The number of halogens is 3. The van der Waals surface area contributed by atoms with E-state index in [-0.39, 0.29) is 11.4 Å². The number of alkyl halides is 3. The molecule has 110 valence electrons. The van der Waals surface area contributed by atoms with Gasteiger partial charge in [-0.1, -0.05) is 6.07 Å². The second-order valence-electron chi connectivity index (χ2n) is 3.53. The number of benzene rings is 1. The Balaban J connectivity index is 2.53. The van der Waals surface area contributed by atoms with Crippen LogP contribution in [0.4, 0.5) is 23.7 Å². The maximum atomic E-state index is 11.8. The lowest BCUT2D eigenvalue weighted by atomic mass is 10.3. The predicted molar refractivity (Wildman–Crippen MR) is 60.6 cm³/mol. The molecule has 20 heavy (non-hydrogen) atoms. The van der Waals surface area contributed by atoms with Crippen molar-refractivity contribution in [1.29, 1.82) is 0 Å². The number of carbonyl (C=O) groups excluding carboxylic acids is 1. The molecule has 0 aliphatic carbocycles. The third-order valence-electron chi connectivity index (χ3n) is 1.81. The zero-order chi connectivity index (χ0) is 15.2. The number of carboxylic acid groups (broad SMARTS) is 1. The summed E-state index contributed by atoms with van der Waals surface area (Å²) in [5, 5.41) is 10.5.